The van der Waals surface area contributed by atoms with Gasteiger partial charge in [0, 0.05) is 9.35 Å². The van der Waals surface area contributed by atoms with Crippen LogP contribution < -0.4 is 5.56 Å². The number of pyridine rings is 1. The highest BCUT2D eigenvalue weighted by Crippen LogP contribution is 2.37. The van der Waals surface area contributed by atoms with Crippen molar-refractivity contribution in [2.45, 2.75) is 6.92 Å². The van der Waals surface area contributed by atoms with Gasteiger partial charge in [-0.2, -0.15) is 0 Å². The van der Waals surface area contributed by atoms with E-state index in [9.17, 15) is 14.9 Å². The standard InChI is InChI=1S/C8H5BrN2O3S/c1-3-6(9)5-7(15-3)4(11(13)14)2-10-8(5)12/h2H,1H3,(H,10,12). The Morgan fingerprint density at radius 2 is 2.27 bits per heavy atom. The molecule has 0 aliphatic heterocycles. The number of nitrogens with zero attached hydrogens (tertiary/aromatic N) is 1. The van der Waals surface area contributed by atoms with Gasteiger partial charge >= 0.3 is 5.69 Å². The summed E-state index contributed by atoms with van der Waals surface area (Å²) in [4.78, 5) is 24.9. The Labute approximate surface area is 96.0 Å². The summed E-state index contributed by atoms with van der Waals surface area (Å²) in [5, 5.41) is 11.1. The quantitative estimate of drug-likeness (QED) is 0.647. The number of hydrogen-bond acceptors (Lipinski definition) is 4. The molecule has 2 aromatic rings. The molecular formula is C8H5BrN2O3S. The summed E-state index contributed by atoms with van der Waals surface area (Å²) < 4.78 is 1.04. The van der Waals surface area contributed by atoms with Gasteiger partial charge in [-0.25, -0.2) is 0 Å². The van der Waals surface area contributed by atoms with Gasteiger partial charge in [0.1, 0.15) is 4.70 Å². The van der Waals surface area contributed by atoms with Crippen molar-refractivity contribution >= 4 is 43.0 Å². The molecule has 0 radical (unpaired) electrons. The molecule has 0 bridgehead atoms. The van der Waals surface area contributed by atoms with Crippen molar-refractivity contribution in [1.29, 1.82) is 0 Å². The number of H-pyrrole nitrogens is 1. The average Bonchev–Trinajstić information content (AvgIpc) is 2.44. The monoisotopic (exact) mass is 288 g/mol. The number of thiophene rings is 1. The van der Waals surface area contributed by atoms with Crippen molar-refractivity contribution in [2.24, 2.45) is 0 Å². The summed E-state index contributed by atoms with van der Waals surface area (Å²) in [6.45, 7) is 1.80. The molecule has 15 heavy (non-hydrogen) atoms. The van der Waals surface area contributed by atoms with Crippen LogP contribution in [0.4, 0.5) is 5.69 Å². The third-order valence-corrected chi connectivity index (χ3v) is 4.39. The van der Waals surface area contributed by atoms with Crippen molar-refractivity contribution in [3.63, 3.8) is 0 Å². The predicted molar refractivity (Wildman–Crippen MR) is 61.5 cm³/mol. The van der Waals surface area contributed by atoms with Crippen LogP contribution in [0.15, 0.2) is 15.5 Å². The van der Waals surface area contributed by atoms with Crippen LogP contribution in [0.25, 0.3) is 10.1 Å². The molecular weight excluding hydrogens is 284 g/mol. The van der Waals surface area contributed by atoms with E-state index in [-0.39, 0.29) is 11.2 Å². The summed E-state index contributed by atoms with van der Waals surface area (Å²) in [6.07, 6.45) is 1.13. The zero-order valence-corrected chi connectivity index (χ0v) is 9.94. The first-order chi connectivity index (χ1) is 7.02. The van der Waals surface area contributed by atoms with Crippen LogP contribution in [0.1, 0.15) is 4.88 Å². The van der Waals surface area contributed by atoms with Crippen molar-refractivity contribution in [3.05, 3.63) is 36.0 Å². The molecule has 0 saturated heterocycles. The smallest absolute Gasteiger partial charge is 0.303 e. The van der Waals surface area contributed by atoms with Gasteiger partial charge in [0.05, 0.1) is 16.5 Å². The van der Waals surface area contributed by atoms with Gasteiger partial charge in [-0.05, 0) is 22.9 Å². The maximum atomic E-state index is 11.5. The van der Waals surface area contributed by atoms with Crippen LogP contribution in [0, 0.1) is 17.0 Å². The SMILES string of the molecule is Cc1sc2c([N+](=O)[O-])c[nH]c(=O)c2c1Br. The maximum absolute atomic E-state index is 11.5. The largest absolute Gasteiger partial charge is 0.322 e. The molecule has 0 aliphatic rings. The number of nitrogens with one attached hydrogen (secondary N) is 1. The summed E-state index contributed by atoms with van der Waals surface area (Å²) in [7, 11) is 0. The van der Waals surface area contributed by atoms with Gasteiger partial charge in [0.15, 0.2) is 0 Å². The zero-order valence-electron chi connectivity index (χ0n) is 7.54. The number of halogens is 1. The molecule has 0 saturated carbocycles. The number of rotatable bonds is 1. The first-order valence-corrected chi connectivity index (χ1v) is 5.58. The normalized spacial score (nSPS) is 10.8. The second kappa shape index (κ2) is 3.42. The molecule has 2 heterocycles. The molecule has 5 nitrogen and oxygen atoms in total. The Balaban J connectivity index is 3.01. The van der Waals surface area contributed by atoms with E-state index < -0.39 is 4.92 Å². The van der Waals surface area contributed by atoms with E-state index in [1.165, 1.54) is 11.3 Å². The second-order valence-corrected chi connectivity index (χ2v) is 4.95. The van der Waals surface area contributed by atoms with Crippen LogP contribution >= 0.6 is 27.3 Å². The van der Waals surface area contributed by atoms with Gasteiger partial charge in [0.25, 0.3) is 5.56 Å². The lowest BCUT2D eigenvalue weighted by Gasteiger charge is -1.92. The summed E-state index contributed by atoms with van der Waals surface area (Å²) in [5.41, 5.74) is -0.379. The Hall–Kier alpha value is -1.21. The molecule has 7 heteroatoms. The number of fused-ring (bicyclic) bond motifs is 1. The lowest BCUT2D eigenvalue weighted by molar-refractivity contribution is -0.383. The van der Waals surface area contributed by atoms with E-state index in [0.717, 1.165) is 11.1 Å². The Morgan fingerprint density at radius 1 is 1.60 bits per heavy atom. The summed E-state index contributed by atoms with van der Waals surface area (Å²) >= 11 is 4.49. The fraction of sp³-hybridized carbons (Fsp3) is 0.125. The molecule has 0 spiro atoms. The molecule has 2 aromatic heterocycles. The molecule has 78 valence electrons. The average molecular weight is 289 g/mol. The number of aromatic amines is 1. The third kappa shape index (κ3) is 1.47. The number of aromatic nitrogens is 1. The van der Waals surface area contributed by atoms with Crippen LogP contribution in [-0.4, -0.2) is 9.91 Å². The second-order valence-electron chi connectivity index (χ2n) is 2.94. The van der Waals surface area contributed by atoms with Crippen molar-refractivity contribution in [1.82, 2.24) is 4.98 Å². The molecule has 2 rings (SSSR count). The zero-order chi connectivity index (χ0) is 11.2. The van der Waals surface area contributed by atoms with Crippen LogP contribution in [0.5, 0.6) is 0 Å². The van der Waals surface area contributed by atoms with Gasteiger partial charge < -0.3 is 4.98 Å². The first kappa shape index (κ1) is 10.3. The molecule has 0 fully saturated rings. The van der Waals surface area contributed by atoms with Gasteiger partial charge in [-0.3, -0.25) is 14.9 Å². The highest BCUT2D eigenvalue weighted by molar-refractivity contribution is 9.10. The maximum Gasteiger partial charge on any atom is 0.303 e. The van der Waals surface area contributed by atoms with E-state index in [4.69, 9.17) is 0 Å². The Morgan fingerprint density at radius 3 is 2.87 bits per heavy atom. The molecule has 0 atom stereocenters. The highest BCUT2D eigenvalue weighted by Gasteiger charge is 2.19. The first-order valence-electron chi connectivity index (χ1n) is 3.97. The van der Waals surface area contributed by atoms with Crippen molar-refractivity contribution in [3.8, 4) is 0 Å². The molecule has 0 unspecified atom stereocenters. The third-order valence-electron chi connectivity index (χ3n) is 2.01. The lowest BCUT2D eigenvalue weighted by atomic mass is 10.3. The van der Waals surface area contributed by atoms with E-state index in [1.807, 2.05) is 0 Å². The summed E-state index contributed by atoms with van der Waals surface area (Å²) in [5.74, 6) is 0. The molecule has 0 aliphatic carbocycles. The number of aryl methyl sites for hydroxylation is 1. The van der Waals surface area contributed by atoms with Crippen LogP contribution in [0.2, 0.25) is 0 Å². The molecule has 0 aromatic carbocycles. The van der Waals surface area contributed by atoms with E-state index in [0.29, 0.717) is 14.6 Å². The summed E-state index contributed by atoms with van der Waals surface area (Å²) in [6, 6.07) is 0. The van der Waals surface area contributed by atoms with Crippen molar-refractivity contribution < 1.29 is 4.92 Å². The fourth-order valence-electron chi connectivity index (χ4n) is 1.32. The van der Waals surface area contributed by atoms with Crippen LogP contribution in [-0.2, 0) is 0 Å². The lowest BCUT2D eigenvalue weighted by Crippen LogP contribution is -2.05. The number of nitro groups is 1. The van der Waals surface area contributed by atoms with Crippen molar-refractivity contribution in [2.75, 3.05) is 0 Å². The minimum Gasteiger partial charge on any atom is -0.322 e. The minimum atomic E-state index is -0.499. The predicted octanol–water partition coefficient (Wildman–Crippen LogP) is 2.57. The van der Waals surface area contributed by atoms with E-state index in [2.05, 4.69) is 20.9 Å². The molecule has 0 amide bonds. The van der Waals surface area contributed by atoms with Gasteiger partial charge in [-0.1, -0.05) is 0 Å². The van der Waals surface area contributed by atoms with E-state index in [1.54, 1.807) is 6.92 Å². The van der Waals surface area contributed by atoms with Gasteiger partial charge in [0.2, 0.25) is 0 Å². The Kier molecular flexibility index (Phi) is 2.35. The fourth-order valence-corrected chi connectivity index (χ4v) is 3.10. The Bertz CT molecular complexity index is 616. The van der Waals surface area contributed by atoms with Gasteiger partial charge in [-0.15, -0.1) is 11.3 Å². The topological polar surface area (TPSA) is 76.0 Å². The minimum absolute atomic E-state index is 0.0663. The highest BCUT2D eigenvalue weighted by atomic mass is 79.9. The van der Waals surface area contributed by atoms with E-state index >= 15 is 0 Å². The number of hydrogen-bond donors (Lipinski definition) is 1. The molecule has 1 N–H and O–H groups in total. The van der Waals surface area contributed by atoms with Crippen LogP contribution in [0.3, 0.4) is 0 Å².